The van der Waals surface area contributed by atoms with Gasteiger partial charge in [0.1, 0.15) is 0 Å². The summed E-state index contributed by atoms with van der Waals surface area (Å²) in [7, 11) is 0. The van der Waals surface area contributed by atoms with Crippen molar-refractivity contribution in [2.45, 2.75) is 33.7 Å². The Morgan fingerprint density at radius 1 is 1.57 bits per heavy atom. The zero-order valence-corrected chi connectivity index (χ0v) is 9.05. The highest BCUT2D eigenvalue weighted by Gasteiger charge is 2.24. The summed E-state index contributed by atoms with van der Waals surface area (Å²) >= 11 is 0. The van der Waals surface area contributed by atoms with E-state index in [0.717, 1.165) is 12.0 Å². The van der Waals surface area contributed by atoms with E-state index in [1.54, 1.807) is 0 Å². The zero-order chi connectivity index (χ0) is 10.6. The van der Waals surface area contributed by atoms with Gasteiger partial charge in [-0.15, -0.1) is 0 Å². The second-order valence-corrected chi connectivity index (χ2v) is 4.14. The fourth-order valence-corrected chi connectivity index (χ4v) is 1.05. The van der Waals surface area contributed by atoms with Crippen molar-refractivity contribution in [2.24, 2.45) is 5.41 Å². The molecule has 14 heavy (non-hydrogen) atoms. The van der Waals surface area contributed by atoms with Crippen molar-refractivity contribution >= 4 is 5.91 Å². The molecule has 1 aromatic heterocycles. The third-order valence-electron chi connectivity index (χ3n) is 2.61. The van der Waals surface area contributed by atoms with Crippen LogP contribution in [-0.2, 0) is 11.3 Å². The quantitative estimate of drug-likeness (QED) is 0.757. The Hall–Kier alpha value is -1.25. The maximum atomic E-state index is 11.7. The Kier molecular flexibility index (Phi) is 3.33. The molecule has 0 bridgehead atoms. The summed E-state index contributed by atoms with van der Waals surface area (Å²) in [4.78, 5) is 14.6. The molecule has 0 fully saturated rings. The maximum Gasteiger partial charge on any atom is 0.225 e. The van der Waals surface area contributed by atoms with Crippen molar-refractivity contribution in [1.29, 1.82) is 0 Å². The highest BCUT2D eigenvalue weighted by molar-refractivity contribution is 5.81. The van der Waals surface area contributed by atoms with Gasteiger partial charge < -0.3 is 10.3 Å². The molecule has 2 N–H and O–H groups in total. The monoisotopic (exact) mass is 194 g/mol. The SMILES string of the molecule is CCC(C)(C)C(=O)NCc1cc[nH]c1. The smallest absolute Gasteiger partial charge is 0.225 e. The van der Waals surface area contributed by atoms with Crippen molar-refractivity contribution in [2.75, 3.05) is 0 Å². The Labute approximate surface area is 84.9 Å². The second-order valence-electron chi connectivity index (χ2n) is 4.14. The predicted molar refractivity (Wildman–Crippen MR) is 56.7 cm³/mol. The summed E-state index contributed by atoms with van der Waals surface area (Å²) in [5.41, 5.74) is 0.835. The Bertz CT molecular complexity index is 288. The van der Waals surface area contributed by atoms with E-state index in [2.05, 4.69) is 10.3 Å². The van der Waals surface area contributed by atoms with Gasteiger partial charge >= 0.3 is 0 Å². The molecule has 0 aliphatic rings. The van der Waals surface area contributed by atoms with Crippen molar-refractivity contribution in [3.8, 4) is 0 Å². The molecule has 0 unspecified atom stereocenters. The van der Waals surface area contributed by atoms with Crippen LogP contribution in [0.3, 0.4) is 0 Å². The molecule has 0 aliphatic carbocycles. The molecular weight excluding hydrogens is 176 g/mol. The number of amides is 1. The average Bonchev–Trinajstić information content (AvgIpc) is 2.66. The lowest BCUT2D eigenvalue weighted by Crippen LogP contribution is -2.35. The van der Waals surface area contributed by atoms with E-state index in [1.165, 1.54) is 0 Å². The van der Waals surface area contributed by atoms with Gasteiger partial charge in [-0.2, -0.15) is 0 Å². The minimum absolute atomic E-state index is 0.112. The molecule has 3 nitrogen and oxygen atoms in total. The van der Waals surface area contributed by atoms with Gasteiger partial charge in [0.05, 0.1) is 0 Å². The third-order valence-corrected chi connectivity index (χ3v) is 2.61. The minimum atomic E-state index is -0.268. The third kappa shape index (κ3) is 2.62. The normalized spacial score (nSPS) is 11.4. The second kappa shape index (κ2) is 4.31. The first-order chi connectivity index (χ1) is 6.56. The molecule has 1 rings (SSSR count). The van der Waals surface area contributed by atoms with Gasteiger partial charge in [-0.1, -0.05) is 20.8 Å². The van der Waals surface area contributed by atoms with E-state index in [0.29, 0.717) is 6.54 Å². The van der Waals surface area contributed by atoms with E-state index in [1.807, 2.05) is 39.2 Å². The van der Waals surface area contributed by atoms with Crippen molar-refractivity contribution < 1.29 is 4.79 Å². The molecule has 0 spiro atoms. The fraction of sp³-hybridized carbons (Fsp3) is 0.545. The first kappa shape index (κ1) is 10.8. The number of nitrogens with one attached hydrogen (secondary N) is 2. The van der Waals surface area contributed by atoms with Crippen LogP contribution in [0, 0.1) is 5.41 Å². The lowest BCUT2D eigenvalue weighted by Gasteiger charge is -2.21. The van der Waals surface area contributed by atoms with Crippen LogP contribution in [0.2, 0.25) is 0 Å². The number of carbonyl (C=O) groups excluding carboxylic acids is 1. The maximum absolute atomic E-state index is 11.7. The van der Waals surface area contributed by atoms with Crippen LogP contribution in [0.25, 0.3) is 0 Å². The number of hydrogen-bond acceptors (Lipinski definition) is 1. The first-order valence-electron chi connectivity index (χ1n) is 4.96. The Morgan fingerprint density at radius 3 is 2.79 bits per heavy atom. The van der Waals surface area contributed by atoms with Gasteiger partial charge in [0.15, 0.2) is 0 Å². The van der Waals surface area contributed by atoms with Gasteiger partial charge in [0, 0.05) is 24.4 Å². The molecule has 0 saturated carbocycles. The van der Waals surface area contributed by atoms with Crippen LogP contribution in [0.1, 0.15) is 32.8 Å². The topological polar surface area (TPSA) is 44.9 Å². The molecule has 3 heteroatoms. The number of hydrogen-bond donors (Lipinski definition) is 2. The standard InChI is InChI=1S/C11H18N2O/c1-4-11(2,3)10(14)13-8-9-5-6-12-7-9/h5-7,12H,4,8H2,1-3H3,(H,13,14). The summed E-state index contributed by atoms with van der Waals surface area (Å²) in [5.74, 6) is 0.112. The Morgan fingerprint density at radius 2 is 2.29 bits per heavy atom. The van der Waals surface area contributed by atoms with Gasteiger partial charge in [-0.3, -0.25) is 4.79 Å². The average molecular weight is 194 g/mol. The summed E-state index contributed by atoms with van der Waals surface area (Å²) < 4.78 is 0. The largest absolute Gasteiger partial charge is 0.367 e. The molecule has 78 valence electrons. The molecule has 1 amide bonds. The van der Waals surface area contributed by atoms with Crippen LogP contribution in [0.5, 0.6) is 0 Å². The lowest BCUT2D eigenvalue weighted by molar-refractivity contribution is -0.129. The molecule has 0 aromatic carbocycles. The van der Waals surface area contributed by atoms with E-state index in [9.17, 15) is 4.79 Å². The van der Waals surface area contributed by atoms with Gasteiger partial charge in [-0.25, -0.2) is 0 Å². The zero-order valence-electron chi connectivity index (χ0n) is 9.05. The molecule has 0 atom stereocenters. The summed E-state index contributed by atoms with van der Waals surface area (Å²) in [6, 6.07) is 1.96. The molecule has 0 aliphatic heterocycles. The highest BCUT2D eigenvalue weighted by atomic mass is 16.2. The van der Waals surface area contributed by atoms with Gasteiger partial charge in [-0.05, 0) is 18.1 Å². The Balaban J connectivity index is 2.43. The first-order valence-corrected chi connectivity index (χ1v) is 4.96. The molecule has 0 radical (unpaired) electrons. The van der Waals surface area contributed by atoms with Gasteiger partial charge in [0.2, 0.25) is 5.91 Å². The van der Waals surface area contributed by atoms with Crippen molar-refractivity contribution in [3.63, 3.8) is 0 Å². The van der Waals surface area contributed by atoms with E-state index in [-0.39, 0.29) is 11.3 Å². The van der Waals surface area contributed by atoms with Crippen molar-refractivity contribution in [1.82, 2.24) is 10.3 Å². The summed E-state index contributed by atoms with van der Waals surface area (Å²) in [6.07, 6.45) is 4.59. The molecule has 1 aromatic rings. The highest BCUT2D eigenvalue weighted by Crippen LogP contribution is 2.19. The van der Waals surface area contributed by atoms with Crippen LogP contribution in [0.4, 0.5) is 0 Å². The van der Waals surface area contributed by atoms with Gasteiger partial charge in [0.25, 0.3) is 0 Å². The fourth-order valence-electron chi connectivity index (χ4n) is 1.05. The lowest BCUT2D eigenvalue weighted by atomic mass is 9.89. The molecule has 1 heterocycles. The number of rotatable bonds is 4. The van der Waals surface area contributed by atoms with E-state index < -0.39 is 0 Å². The number of aromatic amines is 1. The number of aromatic nitrogens is 1. The number of H-pyrrole nitrogens is 1. The predicted octanol–water partition coefficient (Wildman–Crippen LogP) is 2.07. The molecular formula is C11H18N2O. The van der Waals surface area contributed by atoms with Crippen LogP contribution >= 0.6 is 0 Å². The number of carbonyl (C=O) groups is 1. The van der Waals surface area contributed by atoms with E-state index >= 15 is 0 Å². The van der Waals surface area contributed by atoms with Crippen molar-refractivity contribution in [3.05, 3.63) is 24.0 Å². The van der Waals surface area contributed by atoms with Crippen LogP contribution in [0.15, 0.2) is 18.5 Å². The van der Waals surface area contributed by atoms with Crippen LogP contribution in [-0.4, -0.2) is 10.9 Å². The van der Waals surface area contributed by atoms with Crippen LogP contribution < -0.4 is 5.32 Å². The minimum Gasteiger partial charge on any atom is -0.367 e. The summed E-state index contributed by atoms with van der Waals surface area (Å²) in [5, 5.41) is 2.92. The summed E-state index contributed by atoms with van der Waals surface area (Å²) in [6.45, 7) is 6.54. The van der Waals surface area contributed by atoms with E-state index in [4.69, 9.17) is 0 Å². The molecule has 0 saturated heterocycles.